The molecule has 2 aliphatic heterocycles. The first-order chi connectivity index (χ1) is 16.5. The lowest BCUT2D eigenvalue weighted by atomic mass is 9.92. The van der Waals surface area contributed by atoms with E-state index in [2.05, 4.69) is 5.32 Å². The van der Waals surface area contributed by atoms with E-state index in [1.54, 1.807) is 17.0 Å². The summed E-state index contributed by atoms with van der Waals surface area (Å²) >= 11 is 0. The van der Waals surface area contributed by atoms with Gasteiger partial charge in [0.05, 0.1) is 6.54 Å². The molecule has 176 valence electrons. The van der Waals surface area contributed by atoms with Gasteiger partial charge in [-0.25, -0.2) is 0 Å². The first-order valence-corrected chi connectivity index (χ1v) is 12.2. The number of para-hydroxylation sites is 1. The molecule has 0 saturated heterocycles. The van der Waals surface area contributed by atoms with Crippen LogP contribution in [0.1, 0.15) is 55.9 Å². The van der Waals surface area contributed by atoms with Crippen molar-refractivity contribution in [3.8, 4) is 11.5 Å². The maximum atomic E-state index is 14.0. The number of aromatic nitrogens is 1. The molecular formula is C27H29N3O4. The van der Waals surface area contributed by atoms with Gasteiger partial charge < -0.3 is 19.4 Å². The summed E-state index contributed by atoms with van der Waals surface area (Å²) in [5, 5.41) is 4.30. The summed E-state index contributed by atoms with van der Waals surface area (Å²) < 4.78 is 13.0. The van der Waals surface area contributed by atoms with Gasteiger partial charge in [0.2, 0.25) is 12.7 Å². The monoisotopic (exact) mass is 459 g/mol. The SMILES string of the molecule is CC1(C(=O)NC2CCCCCC2)Cn2c(cc3ccccc32)C(=O)N1c1ccc2c(c1)OCO2. The maximum Gasteiger partial charge on any atom is 0.275 e. The Balaban J connectivity index is 1.44. The summed E-state index contributed by atoms with van der Waals surface area (Å²) in [6.07, 6.45) is 6.64. The highest BCUT2D eigenvalue weighted by Gasteiger charge is 2.49. The number of hydrogen-bond donors (Lipinski definition) is 1. The Hall–Kier alpha value is -3.48. The number of anilines is 1. The molecule has 7 heteroatoms. The molecule has 7 nitrogen and oxygen atoms in total. The maximum absolute atomic E-state index is 14.0. The van der Waals surface area contributed by atoms with Crippen molar-refractivity contribution in [2.45, 2.75) is 63.6 Å². The highest BCUT2D eigenvalue weighted by Crippen LogP contribution is 2.41. The number of amides is 2. The quantitative estimate of drug-likeness (QED) is 0.580. The number of carbonyl (C=O) groups is 2. The second-order valence-electron chi connectivity index (χ2n) is 9.79. The molecule has 2 aromatic carbocycles. The van der Waals surface area contributed by atoms with Crippen LogP contribution in [0, 0.1) is 0 Å². The molecule has 0 spiro atoms. The second kappa shape index (κ2) is 8.08. The minimum atomic E-state index is -1.11. The molecule has 0 radical (unpaired) electrons. The predicted molar refractivity (Wildman–Crippen MR) is 129 cm³/mol. The number of nitrogens with one attached hydrogen (secondary N) is 1. The van der Waals surface area contributed by atoms with Crippen LogP contribution in [0.3, 0.4) is 0 Å². The van der Waals surface area contributed by atoms with Gasteiger partial charge in [0.1, 0.15) is 11.2 Å². The van der Waals surface area contributed by atoms with Gasteiger partial charge in [-0.2, -0.15) is 0 Å². The van der Waals surface area contributed by atoms with Crippen molar-refractivity contribution in [2.75, 3.05) is 11.7 Å². The van der Waals surface area contributed by atoms with E-state index in [0.29, 0.717) is 29.4 Å². The lowest BCUT2D eigenvalue weighted by Gasteiger charge is -2.44. The molecule has 3 aliphatic rings. The largest absolute Gasteiger partial charge is 0.454 e. The van der Waals surface area contributed by atoms with Crippen molar-refractivity contribution >= 4 is 28.4 Å². The fourth-order valence-electron chi connectivity index (χ4n) is 5.64. The lowest BCUT2D eigenvalue weighted by Crippen LogP contribution is -2.65. The minimum absolute atomic E-state index is 0.117. The van der Waals surface area contributed by atoms with E-state index in [9.17, 15) is 9.59 Å². The molecule has 34 heavy (non-hydrogen) atoms. The number of fused-ring (bicyclic) bond motifs is 4. The molecule has 1 aromatic heterocycles. The Bertz CT molecular complexity index is 1270. The zero-order valence-corrected chi connectivity index (χ0v) is 19.4. The Morgan fingerprint density at radius 1 is 1.00 bits per heavy atom. The molecule has 6 rings (SSSR count). The third-order valence-corrected chi connectivity index (χ3v) is 7.49. The molecule has 1 N–H and O–H groups in total. The topological polar surface area (TPSA) is 72.8 Å². The Labute approximate surface area is 198 Å². The summed E-state index contributed by atoms with van der Waals surface area (Å²) in [4.78, 5) is 29.6. The summed E-state index contributed by atoms with van der Waals surface area (Å²) in [6.45, 7) is 2.40. The summed E-state index contributed by atoms with van der Waals surface area (Å²) in [7, 11) is 0. The van der Waals surface area contributed by atoms with E-state index in [0.717, 1.165) is 36.6 Å². The van der Waals surface area contributed by atoms with Crippen LogP contribution in [-0.2, 0) is 11.3 Å². The number of benzene rings is 2. The molecule has 3 aromatic rings. The smallest absolute Gasteiger partial charge is 0.275 e. The molecule has 3 heterocycles. The first-order valence-electron chi connectivity index (χ1n) is 12.2. The van der Waals surface area contributed by atoms with Crippen LogP contribution < -0.4 is 19.7 Å². The van der Waals surface area contributed by atoms with Crippen LogP contribution in [0.4, 0.5) is 5.69 Å². The fraction of sp³-hybridized carbons (Fsp3) is 0.407. The van der Waals surface area contributed by atoms with Crippen molar-refractivity contribution < 1.29 is 19.1 Å². The molecule has 1 saturated carbocycles. The molecule has 2 amide bonds. The van der Waals surface area contributed by atoms with Crippen LogP contribution in [0.5, 0.6) is 11.5 Å². The van der Waals surface area contributed by atoms with E-state index in [1.165, 1.54) is 12.8 Å². The Kier molecular flexibility index (Phi) is 5.01. The van der Waals surface area contributed by atoms with Crippen molar-refractivity contribution in [3.05, 3.63) is 54.2 Å². The number of carbonyl (C=O) groups excluding carboxylic acids is 2. The summed E-state index contributed by atoms with van der Waals surface area (Å²) in [5.41, 5.74) is 1.07. The van der Waals surface area contributed by atoms with Gasteiger partial charge >= 0.3 is 0 Å². The van der Waals surface area contributed by atoms with Crippen LogP contribution >= 0.6 is 0 Å². The zero-order valence-electron chi connectivity index (χ0n) is 19.4. The first kappa shape index (κ1) is 21.1. The van der Waals surface area contributed by atoms with Gasteiger partial charge in [-0.05, 0) is 44.0 Å². The van der Waals surface area contributed by atoms with E-state index < -0.39 is 5.54 Å². The fourth-order valence-corrected chi connectivity index (χ4v) is 5.64. The van der Waals surface area contributed by atoms with E-state index in [-0.39, 0.29) is 24.6 Å². The zero-order chi connectivity index (χ0) is 23.3. The standard InChI is InChI=1S/C27H29N3O4/c1-27(26(32)28-19-9-4-2-3-5-10-19)16-29-21-11-7-6-8-18(21)14-22(29)25(31)30(27)20-12-13-23-24(15-20)34-17-33-23/h6-8,11-15,19H,2-5,9-10,16-17H2,1H3,(H,28,32). The van der Waals surface area contributed by atoms with Crippen LogP contribution in [0.15, 0.2) is 48.5 Å². The van der Waals surface area contributed by atoms with Crippen molar-refractivity contribution in [2.24, 2.45) is 0 Å². The third-order valence-electron chi connectivity index (χ3n) is 7.49. The van der Waals surface area contributed by atoms with Crippen LogP contribution in [0.25, 0.3) is 10.9 Å². The number of ether oxygens (including phenoxy) is 2. The van der Waals surface area contributed by atoms with Crippen LogP contribution in [-0.4, -0.2) is 34.8 Å². The van der Waals surface area contributed by atoms with E-state index >= 15 is 0 Å². The average molecular weight is 460 g/mol. The van der Waals surface area contributed by atoms with Gasteiger partial charge in [-0.3, -0.25) is 14.5 Å². The predicted octanol–water partition coefficient (Wildman–Crippen LogP) is 4.63. The van der Waals surface area contributed by atoms with Crippen LogP contribution in [0.2, 0.25) is 0 Å². The average Bonchev–Trinajstić information content (AvgIpc) is 3.36. The van der Waals surface area contributed by atoms with Gasteiger partial charge in [0, 0.05) is 28.7 Å². The second-order valence-corrected chi connectivity index (χ2v) is 9.79. The number of nitrogens with zero attached hydrogens (tertiary/aromatic N) is 2. The molecule has 1 atom stereocenters. The Morgan fingerprint density at radius 2 is 1.76 bits per heavy atom. The van der Waals surface area contributed by atoms with Gasteiger partial charge in [-0.15, -0.1) is 0 Å². The highest BCUT2D eigenvalue weighted by molar-refractivity contribution is 6.14. The van der Waals surface area contributed by atoms with Gasteiger partial charge in [-0.1, -0.05) is 43.9 Å². The van der Waals surface area contributed by atoms with Gasteiger partial charge in [0.25, 0.3) is 5.91 Å². The van der Waals surface area contributed by atoms with E-state index in [1.807, 2.05) is 47.9 Å². The lowest BCUT2D eigenvalue weighted by molar-refractivity contribution is -0.127. The van der Waals surface area contributed by atoms with Crippen molar-refractivity contribution in [1.29, 1.82) is 0 Å². The van der Waals surface area contributed by atoms with Crippen molar-refractivity contribution in [1.82, 2.24) is 9.88 Å². The van der Waals surface area contributed by atoms with Gasteiger partial charge in [0.15, 0.2) is 11.5 Å². The third kappa shape index (κ3) is 3.33. The molecule has 0 bridgehead atoms. The summed E-state index contributed by atoms with van der Waals surface area (Å²) in [5.74, 6) is 0.920. The highest BCUT2D eigenvalue weighted by atomic mass is 16.7. The number of hydrogen-bond acceptors (Lipinski definition) is 4. The van der Waals surface area contributed by atoms with Crippen molar-refractivity contribution in [3.63, 3.8) is 0 Å². The molecular weight excluding hydrogens is 430 g/mol. The molecule has 1 aliphatic carbocycles. The molecule has 1 fully saturated rings. The normalized spacial score (nSPS) is 22.5. The molecule has 1 unspecified atom stereocenters. The minimum Gasteiger partial charge on any atom is -0.454 e. The van der Waals surface area contributed by atoms with E-state index in [4.69, 9.17) is 9.47 Å². The summed E-state index contributed by atoms with van der Waals surface area (Å²) in [6, 6.07) is 15.4. The Morgan fingerprint density at radius 3 is 2.59 bits per heavy atom. The number of rotatable bonds is 3.